The number of nitrogens with zero attached hydrogens (tertiary/aromatic N) is 2. The molecular formula is C23H39IN4O3. The predicted molar refractivity (Wildman–Crippen MR) is 136 cm³/mol. The van der Waals surface area contributed by atoms with Gasteiger partial charge in [0.05, 0.1) is 32.4 Å². The number of nitrogens with one attached hydrogen (secondary N) is 2. The summed E-state index contributed by atoms with van der Waals surface area (Å²) in [5.74, 6) is 1.77. The van der Waals surface area contributed by atoms with Gasteiger partial charge in [-0.1, -0.05) is 12.1 Å². The SMILES string of the molecule is CCNC(=NCC(c1ccc(OC)cc1)N1CCCC1)NCCCOC1CCOC1.I. The van der Waals surface area contributed by atoms with E-state index in [4.69, 9.17) is 19.2 Å². The molecule has 0 aliphatic carbocycles. The van der Waals surface area contributed by atoms with Crippen LogP contribution in [0, 0.1) is 0 Å². The van der Waals surface area contributed by atoms with Gasteiger partial charge in [-0.05, 0) is 63.4 Å². The van der Waals surface area contributed by atoms with E-state index in [0.717, 1.165) is 77.1 Å². The first-order chi connectivity index (χ1) is 14.8. The van der Waals surface area contributed by atoms with Crippen LogP contribution in [0.1, 0.15) is 44.2 Å². The van der Waals surface area contributed by atoms with Gasteiger partial charge >= 0.3 is 0 Å². The lowest BCUT2D eigenvalue weighted by Gasteiger charge is -2.27. The Morgan fingerprint density at radius 3 is 2.65 bits per heavy atom. The first-order valence-electron chi connectivity index (χ1n) is 11.4. The Kier molecular flexibility index (Phi) is 12.5. The summed E-state index contributed by atoms with van der Waals surface area (Å²) in [6.07, 6.45) is 4.77. The van der Waals surface area contributed by atoms with Gasteiger partial charge in [-0.2, -0.15) is 0 Å². The minimum Gasteiger partial charge on any atom is -0.497 e. The molecule has 0 spiro atoms. The second-order valence-electron chi connectivity index (χ2n) is 7.89. The Hall–Kier alpha value is -1.10. The zero-order chi connectivity index (χ0) is 21.0. The van der Waals surface area contributed by atoms with Crippen LogP contribution in [0.3, 0.4) is 0 Å². The van der Waals surface area contributed by atoms with Crippen LogP contribution in [0.15, 0.2) is 29.3 Å². The highest BCUT2D eigenvalue weighted by Crippen LogP contribution is 2.27. The van der Waals surface area contributed by atoms with Crippen molar-refractivity contribution < 1.29 is 14.2 Å². The number of hydrogen-bond donors (Lipinski definition) is 2. The Labute approximate surface area is 204 Å². The Balaban J connectivity index is 0.00000341. The molecule has 3 rings (SSSR count). The van der Waals surface area contributed by atoms with Gasteiger partial charge in [-0.15, -0.1) is 24.0 Å². The summed E-state index contributed by atoms with van der Waals surface area (Å²) >= 11 is 0. The van der Waals surface area contributed by atoms with Crippen LogP contribution in [0.2, 0.25) is 0 Å². The summed E-state index contributed by atoms with van der Waals surface area (Å²) in [4.78, 5) is 7.46. The Morgan fingerprint density at radius 2 is 2.00 bits per heavy atom. The van der Waals surface area contributed by atoms with E-state index in [9.17, 15) is 0 Å². The van der Waals surface area contributed by atoms with Gasteiger partial charge in [0.2, 0.25) is 0 Å². The van der Waals surface area contributed by atoms with Gasteiger partial charge in [0.1, 0.15) is 5.75 Å². The van der Waals surface area contributed by atoms with E-state index < -0.39 is 0 Å². The zero-order valence-electron chi connectivity index (χ0n) is 19.0. The molecule has 0 saturated carbocycles. The van der Waals surface area contributed by atoms with E-state index in [-0.39, 0.29) is 30.1 Å². The average molecular weight is 546 g/mol. The van der Waals surface area contributed by atoms with Gasteiger partial charge in [0, 0.05) is 26.3 Å². The lowest BCUT2D eigenvalue weighted by Crippen LogP contribution is -2.39. The van der Waals surface area contributed by atoms with Crippen molar-refractivity contribution in [1.82, 2.24) is 15.5 Å². The molecule has 0 aromatic heterocycles. The summed E-state index contributed by atoms with van der Waals surface area (Å²) < 4.78 is 16.5. The fraction of sp³-hybridized carbons (Fsp3) is 0.696. The molecule has 1 aromatic rings. The number of ether oxygens (including phenoxy) is 3. The van der Waals surface area contributed by atoms with Crippen LogP contribution < -0.4 is 15.4 Å². The smallest absolute Gasteiger partial charge is 0.191 e. The van der Waals surface area contributed by atoms with Crippen LogP contribution in [-0.2, 0) is 9.47 Å². The average Bonchev–Trinajstić information content (AvgIpc) is 3.48. The maximum absolute atomic E-state index is 5.84. The van der Waals surface area contributed by atoms with Crippen molar-refractivity contribution in [3.05, 3.63) is 29.8 Å². The molecule has 31 heavy (non-hydrogen) atoms. The number of guanidine groups is 1. The molecule has 0 bridgehead atoms. The molecule has 2 atom stereocenters. The summed E-state index contributed by atoms with van der Waals surface area (Å²) in [6.45, 7) is 9.11. The highest BCUT2D eigenvalue weighted by atomic mass is 127. The van der Waals surface area contributed by atoms with Crippen molar-refractivity contribution in [2.45, 2.75) is 44.8 Å². The number of hydrogen-bond acceptors (Lipinski definition) is 5. The molecule has 2 unspecified atom stereocenters. The summed E-state index contributed by atoms with van der Waals surface area (Å²) in [7, 11) is 1.71. The third kappa shape index (κ3) is 8.75. The highest BCUT2D eigenvalue weighted by Gasteiger charge is 2.23. The molecule has 2 aliphatic heterocycles. The first kappa shape index (κ1) is 26.2. The molecular weight excluding hydrogens is 507 g/mol. The van der Waals surface area contributed by atoms with Gasteiger partial charge in [-0.3, -0.25) is 9.89 Å². The topological polar surface area (TPSA) is 67.4 Å². The van der Waals surface area contributed by atoms with E-state index in [1.165, 1.54) is 18.4 Å². The molecule has 0 amide bonds. The normalized spacial score (nSPS) is 20.3. The largest absolute Gasteiger partial charge is 0.497 e. The van der Waals surface area contributed by atoms with E-state index >= 15 is 0 Å². The fourth-order valence-electron chi connectivity index (χ4n) is 4.00. The molecule has 2 aliphatic rings. The van der Waals surface area contributed by atoms with E-state index in [0.29, 0.717) is 6.04 Å². The van der Waals surface area contributed by atoms with Crippen molar-refractivity contribution in [1.29, 1.82) is 0 Å². The van der Waals surface area contributed by atoms with Crippen LogP contribution >= 0.6 is 24.0 Å². The summed E-state index contributed by atoms with van der Waals surface area (Å²) in [5, 5.41) is 6.82. The lowest BCUT2D eigenvalue weighted by molar-refractivity contribution is 0.0420. The minimum atomic E-state index is 0. The standard InChI is InChI=1S/C23H38N4O3.HI/c1-3-24-23(25-12-6-15-30-21-11-16-29-18-21)26-17-22(27-13-4-5-14-27)19-7-9-20(28-2)10-8-19;/h7-10,21-22H,3-6,11-18H2,1-2H3,(H2,24,25,26);1H. The van der Waals surface area contributed by atoms with Crippen LogP contribution in [0.5, 0.6) is 5.75 Å². The quantitative estimate of drug-likeness (QED) is 0.192. The minimum absolute atomic E-state index is 0. The maximum Gasteiger partial charge on any atom is 0.191 e. The number of likely N-dealkylation sites (tertiary alicyclic amines) is 1. The van der Waals surface area contributed by atoms with E-state index in [1.54, 1.807) is 7.11 Å². The molecule has 2 N–H and O–H groups in total. The first-order valence-corrected chi connectivity index (χ1v) is 11.4. The Bertz CT molecular complexity index is 632. The second-order valence-corrected chi connectivity index (χ2v) is 7.89. The number of rotatable bonds is 11. The molecule has 7 nitrogen and oxygen atoms in total. The molecule has 0 radical (unpaired) electrons. The maximum atomic E-state index is 5.84. The van der Waals surface area contributed by atoms with Gasteiger partial charge in [0.15, 0.2) is 5.96 Å². The molecule has 2 fully saturated rings. The highest BCUT2D eigenvalue weighted by molar-refractivity contribution is 14.0. The monoisotopic (exact) mass is 546 g/mol. The van der Waals surface area contributed by atoms with Crippen molar-refractivity contribution in [2.75, 3.05) is 59.7 Å². The lowest BCUT2D eigenvalue weighted by atomic mass is 10.1. The Morgan fingerprint density at radius 1 is 1.23 bits per heavy atom. The number of halogens is 1. The van der Waals surface area contributed by atoms with Crippen LogP contribution in [-0.4, -0.2) is 76.6 Å². The van der Waals surface area contributed by atoms with Crippen LogP contribution in [0.4, 0.5) is 0 Å². The van der Waals surface area contributed by atoms with Crippen molar-refractivity contribution in [3.63, 3.8) is 0 Å². The van der Waals surface area contributed by atoms with Crippen molar-refractivity contribution >= 4 is 29.9 Å². The number of benzene rings is 1. The van der Waals surface area contributed by atoms with Gasteiger partial charge in [0.25, 0.3) is 0 Å². The molecule has 8 heteroatoms. The molecule has 1 aromatic carbocycles. The van der Waals surface area contributed by atoms with Gasteiger partial charge in [-0.25, -0.2) is 0 Å². The zero-order valence-corrected chi connectivity index (χ0v) is 21.3. The summed E-state index contributed by atoms with van der Waals surface area (Å²) in [6, 6.07) is 8.71. The van der Waals surface area contributed by atoms with E-state index in [2.05, 4.69) is 34.6 Å². The third-order valence-electron chi connectivity index (χ3n) is 5.70. The third-order valence-corrected chi connectivity index (χ3v) is 5.70. The van der Waals surface area contributed by atoms with E-state index in [1.807, 2.05) is 12.1 Å². The van der Waals surface area contributed by atoms with Crippen molar-refractivity contribution in [3.8, 4) is 5.75 Å². The van der Waals surface area contributed by atoms with Crippen molar-refractivity contribution in [2.24, 2.45) is 4.99 Å². The molecule has 2 heterocycles. The number of aliphatic imine (C=N–C) groups is 1. The number of methoxy groups -OCH3 is 1. The summed E-state index contributed by atoms with van der Waals surface area (Å²) in [5.41, 5.74) is 1.30. The fourth-order valence-corrected chi connectivity index (χ4v) is 4.00. The molecule has 2 saturated heterocycles. The second kappa shape index (κ2) is 14.9. The predicted octanol–water partition coefficient (Wildman–Crippen LogP) is 3.20. The molecule has 176 valence electrons. The van der Waals surface area contributed by atoms with Gasteiger partial charge < -0.3 is 24.8 Å². The van der Waals surface area contributed by atoms with Crippen LogP contribution in [0.25, 0.3) is 0 Å².